The Morgan fingerprint density at radius 1 is 1.42 bits per heavy atom. The van der Waals surface area contributed by atoms with Crippen molar-refractivity contribution in [3.05, 3.63) is 27.7 Å². The monoisotopic (exact) mass is 303 g/mol. The zero-order valence-corrected chi connectivity index (χ0v) is 12.3. The Labute approximate surface area is 121 Å². The molecular weight excluding hydrogens is 289 g/mol. The number of phenolic OH excluding ortho intramolecular Hbond substituents is 1. The van der Waals surface area contributed by atoms with Gasteiger partial charge in [-0.2, -0.15) is 0 Å². The van der Waals surface area contributed by atoms with Crippen molar-refractivity contribution in [1.82, 2.24) is 4.90 Å². The van der Waals surface area contributed by atoms with Gasteiger partial charge in [-0.25, -0.2) is 0 Å². The SMILES string of the molecule is CC1(C)COCCN1C(=O)c1ccc(Cl)c(Cl)c1O. The van der Waals surface area contributed by atoms with E-state index in [1.165, 1.54) is 12.1 Å². The molecule has 0 unspecified atom stereocenters. The number of carbonyl (C=O) groups is 1. The van der Waals surface area contributed by atoms with E-state index in [0.29, 0.717) is 19.8 Å². The summed E-state index contributed by atoms with van der Waals surface area (Å²) in [5, 5.41) is 10.2. The molecule has 1 aromatic carbocycles. The molecule has 0 spiro atoms. The third-order valence-corrected chi connectivity index (χ3v) is 3.98. The summed E-state index contributed by atoms with van der Waals surface area (Å²) in [6.45, 7) is 5.25. The van der Waals surface area contributed by atoms with Crippen molar-refractivity contribution >= 4 is 29.1 Å². The molecule has 2 rings (SSSR count). The largest absolute Gasteiger partial charge is 0.505 e. The lowest BCUT2D eigenvalue weighted by Crippen LogP contribution is -2.55. The van der Waals surface area contributed by atoms with Crippen molar-refractivity contribution in [3.8, 4) is 5.75 Å². The third kappa shape index (κ3) is 2.66. The van der Waals surface area contributed by atoms with Crippen LogP contribution in [0.4, 0.5) is 0 Å². The number of benzene rings is 1. The highest BCUT2D eigenvalue weighted by Gasteiger charge is 2.35. The number of phenols is 1. The Morgan fingerprint density at radius 3 is 2.74 bits per heavy atom. The molecule has 1 saturated heterocycles. The van der Waals surface area contributed by atoms with Crippen molar-refractivity contribution in [3.63, 3.8) is 0 Å². The second-order valence-electron chi connectivity index (χ2n) is 5.08. The van der Waals surface area contributed by atoms with Crippen molar-refractivity contribution in [2.45, 2.75) is 19.4 Å². The van der Waals surface area contributed by atoms with Crippen molar-refractivity contribution in [2.24, 2.45) is 0 Å². The fourth-order valence-electron chi connectivity index (χ4n) is 2.09. The smallest absolute Gasteiger partial charge is 0.258 e. The highest BCUT2D eigenvalue weighted by molar-refractivity contribution is 6.43. The maximum atomic E-state index is 12.5. The molecule has 1 heterocycles. The minimum atomic E-state index is -0.423. The van der Waals surface area contributed by atoms with Crippen LogP contribution in [0.3, 0.4) is 0 Å². The summed E-state index contributed by atoms with van der Waals surface area (Å²) in [5.41, 5.74) is -0.266. The summed E-state index contributed by atoms with van der Waals surface area (Å²) in [6, 6.07) is 2.99. The topological polar surface area (TPSA) is 49.8 Å². The van der Waals surface area contributed by atoms with E-state index in [1.54, 1.807) is 4.90 Å². The van der Waals surface area contributed by atoms with Gasteiger partial charge in [0.05, 0.1) is 29.3 Å². The van der Waals surface area contributed by atoms with Crippen LogP contribution in [-0.4, -0.2) is 41.2 Å². The summed E-state index contributed by atoms with van der Waals surface area (Å²) < 4.78 is 5.37. The van der Waals surface area contributed by atoms with Crippen molar-refractivity contribution in [1.29, 1.82) is 0 Å². The summed E-state index contributed by atoms with van der Waals surface area (Å²) in [4.78, 5) is 14.2. The number of rotatable bonds is 1. The number of aromatic hydroxyl groups is 1. The summed E-state index contributed by atoms with van der Waals surface area (Å²) in [7, 11) is 0. The molecule has 0 saturated carbocycles. The van der Waals surface area contributed by atoms with E-state index >= 15 is 0 Å². The maximum Gasteiger partial charge on any atom is 0.258 e. The first-order chi connectivity index (χ1) is 8.84. The predicted molar refractivity (Wildman–Crippen MR) is 74.1 cm³/mol. The molecule has 1 amide bonds. The molecular formula is C13H15Cl2NO3. The number of hydrogen-bond donors (Lipinski definition) is 1. The Kier molecular flexibility index (Phi) is 3.95. The van der Waals surface area contributed by atoms with Crippen LogP contribution in [-0.2, 0) is 4.74 Å². The quantitative estimate of drug-likeness (QED) is 0.868. The van der Waals surface area contributed by atoms with Gasteiger partial charge in [-0.1, -0.05) is 23.2 Å². The van der Waals surface area contributed by atoms with E-state index < -0.39 is 5.54 Å². The second-order valence-corrected chi connectivity index (χ2v) is 5.86. The van der Waals surface area contributed by atoms with Crippen molar-refractivity contribution in [2.75, 3.05) is 19.8 Å². The minimum Gasteiger partial charge on any atom is -0.505 e. The first kappa shape index (κ1) is 14.4. The fraction of sp³-hybridized carbons (Fsp3) is 0.462. The minimum absolute atomic E-state index is 0.00131. The third-order valence-electron chi connectivity index (χ3n) is 3.19. The molecule has 1 aliphatic rings. The van der Waals surface area contributed by atoms with Crippen LogP contribution in [0.25, 0.3) is 0 Å². The lowest BCUT2D eigenvalue weighted by atomic mass is 10.0. The van der Waals surface area contributed by atoms with Gasteiger partial charge in [0.25, 0.3) is 5.91 Å². The Balaban J connectivity index is 2.37. The van der Waals surface area contributed by atoms with E-state index in [0.717, 1.165) is 0 Å². The molecule has 1 N–H and O–H groups in total. The van der Waals surface area contributed by atoms with Crippen LogP contribution in [0, 0.1) is 0 Å². The average Bonchev–Trinajstić information content (AvgIpc) is 2.35. The van der Waals surface area contributed by atoms with Crippen LogP contribution >= 0.6 is 23.2 Å². The first-order valence-corrected chi connectivity index (χ1v) is 6.67. The number of halogens is 2. The molecule has 0 radical (unpaired) electrons. The Bertz CT molecular complexity index is 517. The lowest BCUT2D eigenvalue weighted by molar-refractivity contribution is -0.0371. The number of morpholine rings is 1. The maximum absolute atomic E-state index is 12.5. The zero-order chi connectivity index (χ0) is 14.2. The predicted octanol–water partition coefficient (Wildman–Crippen LogP) is 2.95. The van der Waals surface area contributed by atoms with Crippen LogP contribution in [0.15, 0.2) is 12.1 Å². The van der Waals surface area contributed by atoms with Crippen LogP contribution in [0.2, 0.25) is 10.0 Å². The molecule has 104 valence electrons. The second kappa shape index (κ2) is 5.19. The highest BCUT2D eigenvalue weighted by Crippen LogP contribution is 2.35. The van der Waals surface area contributed by atoms with Gasteiger partial charge in [-0.15, -0.1) is 0 Å². The van der Waals surface area contributed by atoms with Gasteiger partial charge in [0.1, 0.15) is 10.8 Å². The van der Waals surface area contributed by atoms with E-state index in [9.17, 15) is 9.90 Å². The van der Waals surface area contributed by atoms with Crippen LogP contribution in [0.5, 0.6) is 5.75 Å². The van der Waals surface area contributed by atoms with Crippen LogP contribution in [0.1, 0.15) is 24.2 Å². The van der Waals surface area contributed by atoms with Gasteiger partial charge in [0.15, 0.2) is 0 Å². The number of ether oxygens (including phenoxy) is 1. The summed E-state index contributed by atoms with van der Waals surface area (Å²) in [6.07, 6.45) is 0. The van der Waals surface area contributed by atoms with Gasteiger partial charge in [0.2, 0.25) is 0 Å². The van der Waals surface area contributed by atoms with E-state index in [4.69, 9.17) is 27.9 Å². The van der Waals surface area contributed by atoms with Gasteiger partial charge in [0, 0.05) is 6.54 Å². The Hall–Kier alpha value is -0.970. The molecule has 1 aromatic rings. The van der Waals surface area contributed by atoms with E-state index in [1.807, 2.05) is 13.8 Å². The van der Waals surface area contributed by atoms with Gasteiger partial charge < -0.3 is 14.7 Å². The molecule has 0 atom stereocenters. The molecule has 1 aliphatic heterocycles. The lowest BCUT2D eigenvalue weighted by Gasteiger charge is -2.42. The zero-order valence-electron chi connectivity index (χ0n) is 10.7. The van der Waals surface area contributed by atoms with Gasteiger partial charge in [-0.05, 0) is 26.0 Å². The van der Waals surface area contributed by atoms with E-state index in [2.05, 4.69) is 0 Å². The highest BCUT2D eigenvalue weighted by atomic mass is 35.5. The summed E-state index contributed by atoms with van der Waals surface area (Å²) in [5.74, 6) is -0.550. The molecule has 0 bridgehead atoms. The molecule has 0 aromatic heterocycles. The summed E-state index contributed by atoms with van der Waals surface area (Å²) >= 11 is 11.7. The number of nitrogens with zero attached hydrogens (tertiary/aromatic N) is 1. The first-order valence-electron chi connectivity index (χ1n) is 5.91. The fourth-order valence-corrected chi connectivity index (χ4v) is 2.41. The normalized spacial score (nSPS) is 18.4. The molecule has 19 heavy (non-hydrogen) atoms. The molecule has 1 fully saturated rings. The average molecular weight is 304 g/mol. The molecule has 6 heteroatoms. The number of carbonyl (C=O) groups excluding carboxylic acids is 1. The number of amides is 1. The number of hydrogen-bond acceptors (Lipinski definition) is 3. The van der Waals surface area contributed by atoms with E-state index in [-0.39, 0.29) is 27.3 Å². The Morgan fingerprint density at radius 2 is 2.11 bits per heavy atom. The molecule has 4 nitrogen and oxygen atoms in total. The standard InChI is InChI=1S/C13H15Cl2NO3/c1-13(2)7-19-6-5-16(13)12(18)8-3-4-9(14)10(15)11(8)17/h3-4,17H,5-7H2,1-2H3. The van der Waals surface area contributed by atoms with Gasteiger partial charge >= 0.3 is 0 Å². The molecule has 0 aliphatic carbocycles. The van der Waals surface area contributed by atoms with Crippen LogP contribution < -0.4 is 0 Å². The van der Waals surface area contributed by atoms with Gasteiger partial charge in [-0.3, -0.25) is 4.79 Å². The van der Waals surface area contributed by atoms with Crippen molar-refractivity contribution < 1.29 is 14.6 Å².